The minimum absolute atomic E-state index is 0.103. The van der Waals surface area contributed by atoms with E-state index in [4.69, 9.17) is 11.6 Å². The monoisotopic (exact) mass is 298 g/mol. The number of aromatic nitrogens is 2. The first-order chi connectivity index (χ1) is 9.45. The Morgan fingerprint density at radius 2 is 2.15 bits per heavy atom. The molecule has 0 N–H and O–H groups in total. The van der Waals surface area contributed by atoms with Gasteiger partial charge in [0.05, 0.1) is 10.7 Å². The highest BCUT2D eigenvalue weighted by atomic mass is 35.5. The molecule has 20 heavy (non-hydrogen) atoms. The highest BCUT2D eigenvalue weighted by Crippen LogP contribution is 2.26. The van der Waals surface area contributed by atoms with E-state index in [-0.39, 0.29) is 5.91 Å². The number of halogens is 1. The Morgan fingerprint density at radius 3 is 2.75 bits per heavy atom. The number of hydrogen-bond acceptors (Lipinski definition) is 3. The SMILES string of the molecule is CCN(C)C(=O)c1nn2c(c1Cl)CN(C(C)C)CCC2. The topological polar surface area (TPSA) is 41.4 Å². The van der Waals surface area contributed by atoms with Crippen LogP contribution in [0.1, 0.15) is 43.4 Å². The van der Waals surface area contributed by atoms with Gasteiger partial charge in [-0.15, -0.1) is 0 Å². The summed E-state index contributed by atoms with van der Waals surface area (Å²) < 4.78 is 1.90. The number of hydrogen-bond donors (Lipinski definition) is 0. The molecule has 2 heterocycles. The number of rotatable bonds is 3. The molecular formula is C14H23ClN4O. The number of aryl methyl sites for hydroxylation is 1. The van der Waals surface area contributed by atoms with Gasteiger partial charge < -0.3 is 4.90 Å². The minimum Gasteiger partial charge on any atom is -0.341 e. The highest BCUT2D eigenvalue weighted by molar-refractivity contribution is 6.34. The standard InChI is InChI=1S/C14H23ClN4O/c1-5-17(4)14(20)13-12(15)11-9-18(10(2)3)7-6-8-19(11)16-13/h10H,5-9H2,1-4H3. The van der Waals surface area contributed by atoms with E-state index in [0.29, 0.717) is 23.3 Å². The smallest absolute Gasteiger partial charge is 0.275 e. The van der Waals surface area contributed by atoms with Crippen LogP contribution in [-0.4, -0.2) is 51.7 Å². The van der Waals surface area contributed by atoms with E-state index >= 15 is 0 Å². The lowest BCUT2D eigenvalue weighted by Crippen LogP contribution is -2.30. The van der Waals surface area contributed by atoms with Crippen LogP contribution in [0, 0.1) is 0 Å². The van der Waals surface area contributed by atoms with Crippen LogP contribution >= 0.6 is 11.6 Å². The Balaban J connectivity index is 2.33. The molecule has 0 saturated heterocycles. The summed E-state index contributed by atoms with van der Waals surface area (Å²) >= 11 is 6.42. The molecule has 1 amide bonds. The second kappa shape index (κ2) is 6.14. The van der Waals surface area contributed by atoms with Gasteiger partial charge in [0.15, 0.2) is 5.69 Å². The van der Waals surface area contributed by atoms with Crippen LogP contribution in [-0.2, 0) is 13.1 Å². The number of nitrogens with zero attached hydrogens (tertiary/aromatic N) is 4. The van der Waals surface area contributed by atoms with Crippen LogP contribution < -0.4 is 0 Å². The Labute approximate surface area is 125 Å². The van der Waals surface area contributed by atoms with Crippen molar-refractivity contribution in [1.29, 1.82) is 0 Å². The summed E-state index contributed by atoms with van der Waals surface area (Å²) in [4.78, 5) is 16.3. The molecule has 6 heteroatoms. The van der Waals surface area contributed by atoms with E-state index in [1.807, 2.05) is 11.6 Å². The molecule has 0 aliphatic carbocycles. The second-order valence-electron chi connectivity index (χ2n) is 5.57. The Kier molecular flexibility index (Phi) is 4.70. The van der Waals surface area contributed by atoms with Crippen LogP contribution in [0.5, 0.6) is 0 Å². The van der Waals surface area contributed by atoms with Gasteiger partial charge in [-0.3, -0.25) is 14.4 Å². The molecule has 0 spiro atoms. The van der Waals surface area contributed by atoms with Crippen molar-refractivity contribution in [2.45, 2.75) is 46.3 Å². The van der Waals surface area contributed by atoms with Crippen LogP contribution in [0.2, 0.25) is 5.02 Å². The van der Waals surface area contributed by atoms with Gasteiger partial charge in [0.1, 0.15) is 0 Å². The highest BCUT2D eigenvalue weighted by Gasteiger charge is 2.27. The molecule has 1 aliphatic heterocycles. The average molecular weight is 299 g/mol. The quantitative estimate of drug-likeness (QED) is 0.859. The van der Waals surface area contributed by atoms with Crippen LogP contribution in [0.15, 0.2) is 0 Å². The molecule has 1 aromatic rings. The van der Waals surface area contributed by atoms with Crippen molar-refractivity contribution in [3.63, 3.8) is 0 Å². The van der Waals surface area contributed by atoms with E-state index in [2.05, 4.69) is 23.8 Å². The largest absolute Gasteiger partial charge is 0.341 e. The first kappa shape index (κ1) is 15.3. The van der Waals surface area contributed by atoms with Crippen LogP contribution in [0.4, 0.5) is 0 Å². The Morgan fingerprint density at radius 1 is 1.45 bits per heavy atom. The zero-order valence-corrected chi connectivity index (χ0v) is 13.4. The fourth-order valence-corrected chi connectivity index (χ4v) is 2.68. The number of amides is 1. The minimum atomic E-state index is -0.103. The lowest BCUT2D eigenvalue weighted by molar-refractivity contribution is 0.0796. The maximum Gasteiger partial charge on any atom is 0.275 e. The maximum atomic E-state index is 12.3. The number of carbonyl (C=O) groups is 1. The van der Waals surface area contributed by atoms with Gasteiger partial charge in [-0.2, -0.15) is 5.10 Å². The van der Waals surface area contributed by atoms with Crippen molar-refractivity contribution in [1.82, 2.24) is 19.6 Å². The molecule has 0 atom stereocenters. The van der Waals surface area contributed by atoms with Gasteiger partial charge in [-0.25, -0.2) is 0 Å². The first-order valence-electron chi connectivity index (χ1n) is 7.20. The summed E-state index contributed by atoms with van der Waals surface area (Å²) in [7, 11) is 1.77. The predicted octanol–water partition coefficient (Wildman–Crippen LogP) is 2.24. The summed E-state index contributed by atoms with van der Waals surface area (Å²) in [5.74, 6) is -0.103. The van der Waals surface area contributed by atoms with Gasteiger partial charge in [-0.05, 0) is 27.2 Å². The molecule has 5 nitrogen and oxygen atoms in total. The molecule has 1 aromatic heterocycles. The van der Waals surface area contributed by atoms with Gasteiger partial charge in [0.2, 0.25) is 0 Å². The van der Waals surface area contributed by atoms with Crippen LogP contribution in [0.25, 0.3) is 0 Å². The van der Waals surface area contributed by atoms with Gasteiger partial charge in [0.25, 0.3) is 5.91 Å². The molecule has 0 radical (unpaired) electrons. The van der Waals surface area contributed by atoms with E-state index in [1.54, 1.807) is 11.9 Å². The van der Waals surface area contributed by atoms with Gasteiger partial charge >= 0.3 is 0 Å². The van der Waals surface area contributed by atoms with E-state index in [9.17, 15) is 4.79 Å². The third kappa shape index (κ3) is 2.83. The van der Waals surface area contributed by atoms with Gasteiger partial charge in [0, 0.05) is 39.3 Å². The zero-order chi connectivity index (χ0) is 14.9. The average Bonchev–Trinajstić information content (AvgIpc) is 2.62. The summed E-state index contributed by atoms with van der Waals surface area (Å²) in [6.07, 6.45) is 1.03. The third-order valence-electron chi connectivity index (χ3n) is 3.92. The zero-order valence-electron chi connectivity index (χ0n) is 12.7. The first-order valence-corrected chi connectivity index (χ1v) is 7.58. The Hall–Kier alpha value is -1.07. The lowest BCUT2D eigenvalue weighted by Gasteiger charge is -2.23. The predicted molar refractivity (Wildman–Crippen MR) is 80.0 cm³/mol. The van der Waals surface area contributed by atoms with Crippen LogP contribution in [0.3, 0.4) is 0 Å². The molecule has 1 aliphatic rings. The molecular weight excluding hydrogens is 276 g/mol. The number of carbonyl (C=O) groups excluding carboxylic acids is 1. The normalized spacial score (nSPS) is 16.1. The third-order valence-corrected chi connectivity index (χ3v) is 4.31. The number of fused-ring (bicyclic) bond motifs is 1. The van der Waals surface area contributed by atoms with E-state index in [0.717, 1.165) is 31.7 Å². The van der Waals surface area contributed by atoms with Gasteiger partial charge in [-0.1, -0.05) is 11.6 Å². The molecule has 0 aromatic carbocycles. The molecule has 112 valence electrons. The molecule has 0 bridgehead atoms. The Bertz CT molecular complexity index is 498. The summed E-state index contributed by atoms with van der Waals surface area (Å²) in [6.45, 7) is 9.56. The lowest BCUT2D eigenvalue weighted by atomic mass is 10.2. The van der Waals surface area contributed by atoms with Crippen molar-refractivity contribution < 1.29 is 4.79 Å². The van der Waals surface area contributed by atoms with E-state index in [1.165, 1.54) is 0 Å². The molecule has 0 saturated carbocycles. The molecule has 0 fully saturated rings. The summed E-state index contributed by atoms with van der Waals surface area (Å²) in [6, 6.07) is 0.463. The van der Waals surface area contributed by atoms with Crippen molar-refractivity contribution in [3.05, 3.63) is 16.4 Å². The van der Waals surface area contributed by atoms with E-state index < -0.39 is 0 Å². The fourth-order valence-electron chi connectivity index (χ4n) is 2.41. The van der Waals surface area contributed by atoms with Crippen molar-refractivity contribution in [2.75, 3.05) is 20.1 Å². The second-order valence-corrected chi connectivity index (χ2v) is 5.95. The maximum absolute atomic E-state index is 12.3. The van der Waals surface area contributed by atoms with Crippen molar-refractivity contribution in [3.8, 4) is 0 Å². The van der Waals surface area contributed by atoms with Crippen molar-refractivity contribution in [2.24, 2.45) is 0 Å². The molecule has 2 rings (SSSR count). The molecule has 0 unspecified atom stereocenters. The summed E-state index contributed by atoms with van der Waals surface area (Å²) in [5, 5.41) is 4.96. The fraction of sp³-hybridized carbons (Fsp3) is 0.714. The van der Waals surface area contributed by atoms with Crippen molar-refractivity contribution >= 4 is 17.5 Å². The summed E-state index contributed by atoms with van der Waals surface area (Å²) in [5.41, 5.74) is 1.35.